The molecule has 0 amide bonds. The molecule has 0 saturated carbocycles. The van der Waals surface area contributed by atoms with Crippen LogP contribution in [0.3, 0.4) is 0 Å². The first kappa shape index (κ1) is 32.3. The van der Waals surface area contributed by atoms with Crippen molar-refractivity contribution < 1.29 is 14.2 Å². The average Bonchev–Trinajstić information content (AvgIpc) is 3.05. The Kier molecular flexibility index (Phi) is 11.2. The van der Waals surface area contributed by atoms with Crippen LogP contribution in [0.25, 0.3) is 0 Å². The van der Waals surface area contributed by atoms with E-state index in [1.165, 1.54) is 38.9 Å². The predicted molar refractivity (Wildman–Crippen MR) is 185 cm³/mol. The Morgan fingerprint density at radius 1 is 0.750 bits per heavy atom. The van der Waals surface area contributed by atoms with Crippen LogP contribution < -0.4 is 4.74 Å². The minimum atomic E-state index is -0.142. The molecule has 1 aliphatic rings. The van der Waals surface area contributed by atoms with Crippen LogP contribution in [-0.4, -0.2) is 24.6 Å². The number of rotatable bonds is 12. The smallest absolute Gasteiger partial charge is 0.123 e. The Morgan fingerprint density at radius 3 is 1.89 bits per heavy atom. The molecule has 0 spiro atoms. The van der Waals surface area contributed by atoms with E-state index in [0.29, 0.717) is 30.3 Å². The summed E-state index contributed by atoms with van der Waals surface area (Å²) in [7, 11) is 1.79. The molecule has 0 N–H and O–H groups in total. The summed E-state index contributed by atoms with van der Waals surface area (Å²) < 4.78 is 19.9. The van der Waals surface area contributed by atoms with Crippen molar-refractivity contribution >= 4 is 11.8 Å². The van der Waals surface area contributed by atoms with Crippen molar-refractivity contribution in [2.24, 2.45) is 5.92 Å². The van der Waals surface area contributed by atoms with Gasteiger partial charge >= 0.3 is 0 Å². The molecule has 1 saturated heterocycles. The van der Waals surface area contributed by atoms with Crippen LogP contribution in [-0.2, 0) is 29.1 Å². The lowest BCUT2D eigenvalue weighted by Crippen LogP contribution is -2.48. The van der Waals surface area contributed by atoms with Crippen LogP contribution in [0.4, 0.5) is 0 Å². The number of hydrogen-bond donors (Lipinski definition) is 0. The molecule has 4 aromatic carbocycles. The van der Waals surface area contributed by atoms with Gasteiger partial charge in [0, 0.05) is 10.8 Å². The summed E-state index contributed by atoms with van der Waals surface area (Å²) in [5, 5.41) is 0.508. The zero-order valence-corrected chi connectivity index (χ0v) is 28.0. The fourth-order valence-electron chi connectivity index (χ4n) is 6.33. The third-order valence-corrected chi connectivity index (χ3v) is 11.0. The van der Waals surface area contributed by atoms with E-state index in [9.17, 15) is 0 Å². The van der Waals surface area contributed by atoms with Gasteiger partial charge in [-0.25, -0.2) is 0 Å². The summed E-state index contributed by atoms with van der Waals surface area (Å²) in [6.45, 7) is 12.4. The van der Waals surface area contributed by atoms with Crippen molar-refractivity contribution in [1.29, 1.82) is 0 Å². The maximum atomic E-state index is 6.92. The molecule has 0 bridgehead atoms. The first-order chi connectivity index (χ1) is 21.4. The highest BCUT2D eigenvalue weighted by Crippen LogP contribution is 2.51. The highest BCUT2D eigenvalue weighted by Gasteiger charge is 2.46. The lowest BCUT2D eigenvalue weighted by atomic mass is 9.88. The average molecular weight is 609 g/mol. The van der Waals surface area contributed by atoms with Gasteiger partial charge in [0.1, 0.15) is 11.9 Å². The minimum Gasteiger partial charge on any atom is -0.496 e. The van der Waals surface area contributed by atoms with Crippen LogP contribution in [0.2, 0.25) is 0 Å². The first-order valence-electron chi connectivity index (χ1n) is 16.1. The van der Waals surface area contributed by atoms with Gasteiger partial charge in [0.25, 0.3) is 0 Å². The minimum absolute atomic E-state index is 0.0619. The zero-order chi connectivity index (χ0) is 31.1. The summed E-state index contributed by atoms with van der Waals surface area (Å²) in [5.74, 6) is 1.79. The van der Waals surface area contributed by atoms with Gasteiger partial charge in [-0.15, -0.1) is 11.8 Å². The van der Waals surface area contributed by atoms with Crippen molar-refractivity contribution in [3.63, 3.8) is 0 Å². The van der Waals surface area contributed by atoms with Gasteiger partial charge in [-0.2, -0.15) is 0 Å². The van der Waals surface area contributed by atoms with Crippen LogP contribution in [0.5, 0.6) is 5.75 Å². The normalized spacial score (nSPS) is 21.8. The summed E-state index contributed by atoms with van der Waals surface area (Å²) in [5.41, 5.74) is 8.83. The third kappa shape index (κ3) is 7.77. The molecule has 4 heteroatoms. The van der Waals surface area contributed by atoms with Gasteiger partial charge in [-0.3, -0.25) is 0 Å². The van der Waals surface area contributed by atoms with Gasteiger partial charge < -0.3 is 14.2 Å². The number of methoxy groups -OCH3 is 1. The van der Waals surface area contributed by atoms with E-state index < -0.39 is 0 Å². The van der Waals surface area contributed by atoms with Crippen molar-refractivity contribution in [3.8, 4) is 5.75 Å². The molecule has 5 rings (SSSR count). The molecule has 232 valence electrons. The summed E-state index contributed by atoms with van der Waals surface area (Å²) in [6.07, 6.45) is 1.75. The second-order valence-electron chi connectivity index (χ2n) is 12.5. The van der Waals surface area contributed by atoms with E-state index in [0.717, 1.165) is 18.6 Å². The fraction of sp³-hybridized carbons (Fsp3) is 0.400. The molecule has 5 atom stereocenters. The molecule has 0 unspecified atom stereocenters. The molecule has 1 fully saturated rings. The van der Waals surface area contributed by atoms with Crippen LogP contribution in [0.1, 0.15) is 84.2 Å². The zero-order valence-electron chi connectivity index (χ0n) is 27.2. The molecule has 44 heavy (non-hydrogen) atoms. The van der Waals surface area contributed by atoms with E-state index in [1.54, 1.807) is 7.11 Å². The Labute approximate surface area is 269 Å². The van der Waals surface area contributed by atoms with Gasteiger partial charge in [-0.1, -0.05) is 119 Å². The predicted octanol–water partition coefficient (Wildman–Crippen LogP) is 10.1. The van der Waals surface area contributed by atoms with Crippen molar-refractivity contribution in [1.82, 2.24) is 0 Å². The monoisotopic (exact) mass is 608 g/mol. The molecule has 3 nitrogen and oxygen atoms in total. The molecule has 0 radical (unpaired) electrons. The molecule has 1 aliphatic heterocycles. The number of benzene rings is 4. The Bertz CT molecular complexity index is 1450. The summed E-state index contributed by atoms with van der Waals surface area (Å²) in [4.78, 5) is 0. The van der Waals surface area contributed by atoms with Crippen molar-refractivity contribution in [3.05, 3.63) is 136 Å². The number of aryl methyl sites for hydroxylation is 1. The first-order valence-corrected chi connectivity index (χ1v) is 17.0. The van der Waals surface area contributed by atoms with Crippen LogP contribution in [0, 0.1) is 12.8 Å². The highest BCUT2D eigenvalue weighted by atomic mass is 32.2. The van der Waals surface area contributed by atoms with Crippen molar-refractivity contribution in [2.45, 2.75) is 89.3 Å². The van der Waals surface area contributed by atoms with E-state index in [-0.39, 0.29) is 17.5 Å². The van der Waals surface area contributed by atoms with Gasteiger partial charge in [0.05, 0.1) is 31.7 Å². The fourth-order valence-corrected chi connectivity index (χ4v) is 8.02. The second-order valence-corrected chi connectivity index (χ2v) is 13.9. The van der Waals surface area contributed by atoms with E-state index in [4.69, 9.17) is 14.2 Å². The molecule has 0 aliphatic carbocycles. The summed E-state index contributed by atoms with van der Waals surface area (Å²) >= 11 is 2.03. The summed E-state index contributed by atoms with van der Waals surface area (Å²) in [6, 6.07) is 34.7. The molecular formula is C40H48O3S. The van der Waals surface area contributed by atoms with Crippen LogP contribution >= 0.6 is 11.8 Å². The number of hydrogen-bond acceptors (Lipinski definition) is 4. The standard InChI is InChI=1S/C40H48O3S/c1-7-37-29(5)38(42-25-31-14-10-8-11-15-31)39(43-26-32-16-12-9-13-17-32)40(44-37)35-24-34(28(4)22-36(35)41-6)23-30-18-20-33(21-19-30)27(2)3/h8-22,24,27,29,37-40H,7,23,25-26H2,1-6H3/t29-,37-,38+,39-,40+/m1/s1. The van der Waals surface area contributed by atoms with Crippen LogP contribution in [0.15, 0.2) is 97.1 Å². The molecule has 4 aromatic rings. The maximum absolute atomic E-state index is 6.92. The Hall–Kier alpha value is -3.05. The lowest BCUT2D eigenvalue weighted by Gasteiger charge is -2.45. The van der Waals surface area contributed by atoms with E-state index in [2.05, 4.69) is 132 Å². The molecular weight excluding hydrogens is 561 g/mol. The highest BCUT2D eigenvalue weighted by molar-refractivity contribution is 8.00. The van der Waals surface area contributed by atoms with E-state index >= 15 is 0 Å². The van der Waals surface area contributed by atoms with E-state index in [1.807, 2.05) is 11.8 Å². The number of ether oxygens (including phenoxy) is 3. The van der Waals surface area contributed by atoms with Crippen molar-refractivity contribution in [2.75, 3.05) is 7.11 Å². The van der Waals surface area contributed by atoms with Gasteiger partial charge in [-0.05, 0) is 71.0 Å². The third-order valence-electron chi connectivity index (χ3n) is 9.06. The number of thioether (sulfide) groups is 1. The largest absolute Gasteiger partial charge is 0.496 e. The van der Waals surface area contributed by atoms with Gasteiger partial charge in [0.2, 0.25) is 0 Å². The maximum Gasteiger partial charge on any atom is 0.123 e. The molecule has 1 heterocycles. The van der Waals surface area contributed by atoms with Gasteiger partial charge in [0.15, 0.2) is 0 Å². The Balaban J connectivity index is 1.51. The quantitative estimate of drug-likeness (QED) is 0.160. The second kappa shape index (κ2) is 15.3. The molecule has 0 aromatic heterocycles. The lowest BCUT2D eigenvalue weighted by molar-refractivity contribution is -0.112. The SMILES string of the molecule is CC[C@H]1S[C@@H](c2cc(Cc3ccc(C(C)C)cc3)c(C)cc2OC)[C@H](OCc2ccccc2)[C@@H](OCc2ccccc2)[C@@H]1C. The Morgan fingerprint density at radius 2 is 1.34 bits per heavy atom. The topological polar surface area (TPSA) is 27.7 Å².